The minimum Gasteiger partial charge on any atom is -0.312 e. The summed E-state index contributed by atoms with van der Waals surface area (Å²) < 4.78 is 27.1. The minimum absolute atomic E-state index is 0.367. The van der Waals surface area contributed by atoms with Crippen LogP contribution in [0, 0.1) is 0 Å². The molecule has 0 fully saturated rings. The highest BCUT2D eigenvalue weighted by atomic mass is 32.2. The Morgan fingerprint density at radius 2 is 2.10 bits per heavy atom. The second kappa shape index (κ2) is 8.85. The molecule has 1 atom stereocenters. The molecule has 0 saturated heterocycles. The van der Waals surface area contributed by atoms with Crippen molar-refractivity contribution in [1.29, 1.82) is 0 Å². The number of nitrogens with one attached hydrogen (secondary N) is 2. The van der Waals surface area contributed by atoms with Crippen molar-refractivity contribution in [2.24, 2.45) is 0 Å². The Kier molecular flexibility index (Phi) is 7.83. The molecule has 122 valence electrons. The maximum Gasteiger partial charge on any atom is 0.241 e. The van der Waals surface area contributed by atoms with Crippen LogP contribution in [0.15, 0.2) is 16.3 Å². The highest BCUT2D eigenvalue weighted by Crippen LogP contribution is 2.18. The number of nitrogens with zero attached hydrogens (tertiary/aromatic N) is 1. The molecule has 0 radical (unpaired) electrons. The Morgan fingerprint density at radius 3 is 2.71 bits per heavy atom. The molecule has 0 aliphatic carbocycles. The zero-order valence-electron chi connectivity index (χ0n) is 13.3. The van der Waals surface area contributed by atoms with E-state index in [2.05, 4.69) is 28.8 Å². The fourth-order valence-electron chi connectivity index (χ4n) is 1.81. The maximum absolute atomic E-state index is 12.2. The van der Waals surface area contributed by atoms with Gasteiger partial charge in [0.2, 0.25) is 10.0 Å². The molecule has 1 unspecified atom stereocenters. The number of hydrogen-bond donors (Lipinski definition) is 2. The number of hydrogen-bond acceptors (Lipinski definition) is 5. The van der Waals surface area contributed by atoms with Gasteiger partial charge in [-0.1, -0.05) is 13.8 Å². The molecule has 1 rings (SSSR count). The van der Waals surface area contributed by atoms with Crippen molar-refractivity contribution < 1.29 is 8.42 Å². The SMILES string of the molecule is CCNCc1cc(S(=O)(=O)NCCN(C)C(C)CC)cs1. The van der Waals surface area contributed by atoms with Gasteiger partial charge >= 0.3 is 0 Å². The topological polar surface area (TPSA) is 61.4 Å². The van der Waals surface area contributed by atoms with E-state index in [1.54, 1.807) is 11.4 Å². The standard InChI is InChI=1S/C14H27N3O2S2/c1-5-12(3)17(4)8-7-16-21(18,19)14-9-13(20-11-14)10-15-6-2/h9,11-12,15-16H,5-8,10H2,1-4H3. The van der Waals surface area contributed by atoms with Gasteiger partial charge in [0.15, 0.2) is 0 Å². The first-order valence-electron chi connectivity index (χ1n) is 7.38. The average Bonchev–Trinajstić information content (AvgIpc) is 2.93. The molecule has 0 aromatic carbocycles. The molecule has 0 bridgehead atoms. The first-order chi connectivity index (χ1) is 9.90. The van der Waals surface area contributed by atoms with Gasteiger partial charge < -0.3 is 10.2 Å². The molecule has 7 heteroatoms. The van der Waals surface area contributed by atoms with Gasteiger partial charge in [0.25, 0.3) is 0 Å². The van der Waals surface area contributed by atoms with Crippen molar-refractivity contribution in [2.75, 3.05) is 26.7 Å². The molecule has 0 aliphatic rings. The molecular weight excluding hydrogens is 306 g/mol. The normalized spacial score (nSPS) is 13.8. The van der Waals surface area contributed by atoms with E-state index in [4.69, 9.17) is 0 Å². The second-order valence-electron chi connectivity index (χ2n) is 5.16. The first kappa shape index (κ1) is 18.6. The Balaban J connectivity index is 2.51. The van der Waals surface area contributed by atoms with Gasteiger partial charge in [-0.2, -0.15) is 0 Å². The van der Waals surface area contributed by atoms with Crippen LogP contribution in [0.4, 0.5) is 0 Å². The summed E-state index contributed by atoms with van der Waals surface area (Å²) in [6, 6.07) is 2.20. The summed E-state index contributed by atoms with van der Waals surface area (Å²) in [5.74, 6) is 0. The summed E-state index contributed by atoms with van der Waals surface area (Å²) >= 11 is 1.47. The van der Waals surface area contributed by atoms with E-state index in [0.29, 0.717) is 30.6 Å². The van der Waals surface area contributed by atoms with Gasteiger partial charge in [0.05, 0.1) is 4.90 Å². The molecule has 1 heterocycles. The highest BCUT2D eigenvalue weighted by molar-refractivity contribution is 7.89. The second-order valence-corrected chi connectivity index (χ2v) is 7.93. The lowest BCUT2D eigenvalue weighted by molar-refractivity contribution is 0.256. The molecule has 1 aromatic rings. The van der Waals surface area contributed by atoms with Crippen molar-refractivity contribution in [2.45, 2.75) is 44.7 Å². The van der Waals surface area contributed by atoms with E-state index in [9.17, 15) is 8.42 Å². The van der Waals surface area contributed by atoms with Crippen LogP contribution in [0.1, 0.15) is 32.1 Å². The van der Waals surface area contributed by atoms with E-state index < -0.39 is 10.0 Å². The van der Waals surface area contributed by atoms with Crippen LogP contribution in [0.5, 0.6) is 0 Å². The van der Waals surface area contributed by atoms with Gasteiger partial charge in [-0.25, -0.2) is 13.1 Å². The highest BCUT2D eigenvalue weighted by Gasteiger charge is 2.16. The molecule has 2 N–H and O–H groups in total. The molecular formula is C14H27N3O2S2. The van der Waals surface area contributed by atoms with E-state index >= 15 is 0 Å². The Morgan fingerprint density at radius 1 is 1.38 bits per heavy atom. The summed E-state index contributed by atoms with van der Waals surface area (Å²) in [4.78, 5) is 3.56. The average molecular weight is 334 g/mol. The molecule has 0 spiro atoms. The van der Waals surface area contributed by atoms with Crippen LogP contribution in [-0.4, -0.2) is 46.0 Å². The monoisotopic (exact) mass is 333 g/mol. The number of rotatable bonds is 10. The van der Waals surface area contributed by atoms with Gasteiger partial charge in [0, 0.05) is 35.9 Å². The molecule has 1 aromatic heterocycles. The molecule has 5 nitrogen and oxygen atoms in total. The van der Waals surface area contributed by atoms with E-state index in [-0.39, 0.29) is 0 Å². The quantitative estimate of drug-likeness (QED) is 0.686. The zero-order valence-corrected chi connectivity index (χ0v) is 15.0. The third-order valence-electron chi connectivity index (χ3n) is 3.59. The van der Waals surface area contributed by atoms with Crippen molar-refractivity contribution in [1.82, 2.24) is 14.9 Å². The Labute approximate surface area is 132 Å². The largest absolute Gasteiger partial charge is 0.312 e. The third-order valence-corrected chi connectivity index (χ3v) is 6.12. The lowest BCUT2D eigenvalue weighted by Crippen LogP contribution is -2.36. The summed E-state index contributed by atoms with van der Waals surface area (Å²) in [6.45, 7) is 9.03. The van der Waals surface area contributed by atoms with Crippen LogP contribution < -0.4 is 10.0 Å². The van der Waals surface area contributed by atoms with E-state index in [0.717, 1.165) is 17.8 Å². The summed E-state index contributed by atoms with van der Waals surface area (Å²) in [6.07, 6.45) is 1.06. The first-order valence-corrected chi connectivity index (χ1v) is 9.75. The van der Waals surface area contributed by atoms with Crippen LogP contribution in [0.3, 0.4) is 0 Å². The lowest BCUT2D eigenvalue weighted by Gasteiger charge is -2.23. The minimum atomic E-state index is -3.39. The lowest BCUT2D eigenvalue weighted by atomic mass is 10.2. The van der Waals surface area contributed by atoms with Crippen LogP contribution in [0.2, 0.25) is 0 Å². The van der Waals surface area contributed by atoms with Gasteiger partial charge in [-0.15, -0.1) is 11.3 Å². The van der Waals surface area contributed by atoms with Gasteiger partial charge in [-0.05, 0) is 33.0 Å². The number of sulfonamides is 1. The van der Waals surface area contributed by atoms with Gasteiger partial charge in [0.1, 0.15) is 0 Å². The fourth-order valence-corrected chi connectivity index (χ4v) is 4.08. The fraction of sp³-hybridized carbons (Fsp3) is 0.714. The van der Waals surface area contributed by atoms with E-state index in [1.165, 1.54) is 11.3 Å². The molecule has 0 amide bonds. The maximum atomic E-state index is 12.2. The Hall–Kier alpha value is -0.470. The number of likely N-dealkylation sites (N-methyl/N-ethyl adjacent to an activating group) is 1. The van der Waals surface area contributed by atoms with Crippen LogP contribution in [-0.2, 0) is 16.6 Å². The summed E-state index contributed by atoms with van der Waals surface area (Å²) in [5.41, 5.74) is 0. The van der Waals surface area contributed by atoms with Gasteiger partial charge in [-0.3, -0.25) is 0 Å². The molecule has 21 heavy (non-hydrogen) atoms. The zero-order chi connectivity index (χ0) is 15.9. The number of thiophene rings is 1. The third kappa shape index (κ3) is 6.04. The molecule has 0 saturated carbocycles. The predicted molar refractivity (Wildman–Crippen MR) is 89.3 cm³/mol. The summed E-state index contributed by atoms with van der Waals surface area (Å²) in [7, 11) is -1.37. The van der Waals surface area contributed by atoms with Crippen molar-refractivity contribution in [3.05, 3.63) is 16.3 Å². The summed E-state index contributed by atoms with van der Waals surface area (Å²) in [5, 5.41) is 4.90. The van der Waals surface area contributed by atoms with Crippen molar-refractivity contribution in [3.63, 3.8) is 0 Å². The van der Waals surface area contributed by atoms with Crippen molar-refractivity contribution in [3.8, 4) is 0 Å². The molecule has 0 aliphatic heterocycles. The Bertz CT molecular complexity index is 514. The van der Waals surface area contributed by atoms with Crippen molar-refractivity contribution >= 4 is 21.4 Å². The van der Waals surface area contributed by atoms with E-state index in [1.807, 2.05) is 14.0 Å². The van der Waals surface area contributed by atoms with Crippen LogP contribution in [0.25, 0.3) is 0 Å². The van der Waals surface area contributed by atoms with Crippen LogP contribution >= 0.6 is 11.3 Å². The predicted octanol–water partition coefficient (Wildman–Crippen LogP) is 1.87. The smallest absolute Gasteiger partial charge is 0.241 e.